The predicted molar refractivity (Wildman–Crippen MR) is 134 cm³/mol. The van der Waals surface area contributed by atoms with Crippen LogP contribution in [0.5, 0.6) is 0 Å². The molecule has 0 aliphatic rings. The molecule has 0 fully saturated rings. The van der Waals surface area contributed by atoms with Gasteiger partial charge in [-0.3, -0.25) is 19.2 Å². The molecule has 1 aromatic heterocycles. The molecule has 0 spiro atoms. The third-order valence-corrected chi connectivity index (χ3v) is 5.72. The number of unbranched alkanes of at least 4 members (excludes halogenated alkanes) is 1. The molecule has 1 aromatic carbocycles. The normalized spacial score (nSPS) is 14.2. The van der Waals surface area contributed by atoms with Crippen LogP contribution >= 0.6 is 0 Å². The second-order valence-corrected chi connectivity index (χ2v) is 8.76. The van der Waals surface area contributed by atoms with Crippen LogP contribution in [-0.4, -0.2) is 75.6 Å². The van der Waals surface area contributed by atoms with E-state index >= 15 is 0 Å². The molecule has 4 atom stereocenters. The summed E-state index contributed by atoms with van der Waals surface area (Å²) in [5.74, 6) is -5.05. The summed E-state index contributed by atoms with van der Waals surface area (Å²) in [6.45, 7) is 1.85. The number of fused-ring (bicyclic) bond motifs is 1. The minimum Gasteiger partial charge on any atom is -0.481 e. The monoisotopic (exact) mass is 518 g/mol. The third-order valence-electron chi connectivity index (χ3n) is 5.72. The van der Waals surface area contributed by atoms with Crippen LogP contribution in [0.2, 0.25) is 0 Å². The molecule has 37 heavy (non-hydrogen) atoms. The topological polar surface area (TPSA) is 230 Å². The summed E-state index contributed by atoms with van der Waals surface area (Å²) in [5, 5.41) is 26.5. The lowest BCUT2D eigenvalue weighted by atomic mass is 10.0. The van der Waals surface area contributed by atoms with Crippen molar-refractivity contribution in [3.8, 4) is 0 Å². The first-order valence-corrected chi connectivity index (χ1v) is 11.9. The fourth-order valence-electron chi connectivity index (χ4n) is 3.71. The van der Waals surface area contributed by atoms with Crippen molar-refractivity contribution in [2.45, 2.75) is 63.2 Å². The number of aliphatic carboxylic acids is 2. The Morgan fingerprint density at radius 3 is 2.16 bits per heavy atom. The van der Waals surface area contributed by atoms with Crippen LogP contribution in [0.15, 0.2) is 30.5 Å². The van der Waals surface area contributed by atoms with Gasteiger partial charge in [0.15, 0.2) is 0 Å². The van der Waals surface area contributed by atoms with Gasteiger partial charge in [0.1, 0.15) is 18.1 Å². The molecule has 0 aliphatic carbocycles. The molecule has 1 heterocycles. The number of carbonyl (C=O) groups excluding carboxylic acids is 3. The van der Waals surface area contributed by atoms with E-state index in [-0.39, 0.29) is 12.8 Å². The van der Waals surface area contributed by atoms with E-state index in [0.717, 1.165) is 10.9 Å². The summed E-state index contributed by atoms with van der Waals surface area (Å²) < 4.78 is 0. The van der Waals surface area contributed by atoms with Gasteiger partial charge in [-0.2, -0.15) is 0 Å². The van der Waals surface area contributed by atoms with Gasteiger partial charge >= 0.3 is 11.9 Å². The van der Waals surface area contributed by atoms with E-state index in [2.05, 4.69) is 20.9 Å². The standard InChI is InChI=1S/C24H34N6O7/c1-13(26)21(33)28-17(8-4-5-9-25)22(34)29-18(23(35)30-19(24(36)37)11-20(31)32)10-14-12-27-16-7-3-2-6-15(14)16/h2-3,6-7,12-13,17-19,27H,4-5,8-11,25-26H2,1H3,(H,28,33)(H,29,34)(H,30,35)(H,31,32)(H,36,37). The van der Waals surface area contributed by atoms with Gasteiger partial charge in [0.2, 0.25) is 17.7 Å². The van der Waals surface area contributed by atoms with E-state index in [1.807, 2.05) is 18.2 Å². The molecule has 13 heteroatoms. The largest absolute Gasteiger partial charge is 0.481 e. The molecule has 0 bridgehead atoms. The van der Waals surface area contributed by atoms with E-state index in [1.165, 1.54) is 6.92 Å². The maximum Gasteiger partial charge on any atom is 0.326 e. The summed E-state index contributed by atoms with van der Waals surface area (Å²) >= 11 is 0. The number of nitrogens with one attached hydrogen (secondary N) is 4. The molecule has 13 nitrogen and oxygen atoms in total. The summed E-state index contributed by atoms with van der Waals surface area (Å²) in [7, 11) is 0. The van der Waals surface area contributed by atoms with Gasteiger partial charge < -0.3 is 42.6 Å². The number of carboxylic acids is 2. The Kier molecular flexibility index (Phi) is 11.0. The molecular formula is C24H34N6O7. The Balaban J connectivity index is 2.32. The third kappa shape index (κ3) is 8.88. The Bertz CT molecular complexity index is 1120. The van der Waals surface area contributed by atoms with Crippen molar-refractivity contribution in [1.29, 1.82) is 0 Å². The molecule has 0 radical (unpaired) electrons. The molecule has 0 saturated heterocycles. The molecule has 2 rings (SSSR count). The zero-order valence-corrected chi connectivity index (χ0v) is 20.5. The Morgan fingerprint density at radius 2 is 1.54 bits per heavy atom. The second kappa shape index (κ2) is 13.9. The number of rotatable bonds is 15. The van der Waals surface area contributed by atoms with Crippen LogP contribution in [0.4, 0.5) is 0 Å². The number of hydrogen-bond acceptors (Lipinski definition) is 7. The number of nitrogens with two attached hydrogens (primary N) is 2. The molecule has 0 saturated carbocycles. The number of carbonyl (C=O) groups is 5. The fourth-order valence-corrected chi connectivity index (χ4v) is 3.71. The molecule has 202 valence electrons. The number of aromatic amines is 1. The Morgan fingerprint density at radius 1 is 0.919 bits per heavy atom. The van der Waals surface area contributed by atoms with Gasteiger partial charge in [-0.15, -0.1) is 0 Å². The fraction of sp³-hybridized carbons (Fsp3) is 0.458. The highest BCUT2D eigenvalue weighted by Crippen LogP contribution is 2.19. The maximum absolute atomic E-state index is 13.2. The lowest BCUT2D eigenvalue weighted by molar-refractivity contribution is -0.147. The van der Waals surface area contributed by atoms with E-state index in [1.54, 1.807) is 12.3 Å². The first-order chi connectivity index (χ1) is 17.5. The number of aromatic nitrogens is 1. The minimum absolute atomic E-state index is 0.0300. The summed E-state index contributed by atoms with van der Waals surface area (Å²) in [6.07, 6.45) is 2.15. The summed E-state index contributed by atoms with van der Waals surface area (Å²) in [5.41, 5.74) is 12.6. The van der Waals surface area contributed by atoms with Gasteiger partial charge in [0.05, 0.1) is 12.5 Å². The quantitative estimate of drug-likeness (QED) is 0.138. The highest BCUT2D eigenvalue weighted by molar-refractivity contribution is 5.95. The van der Waals surface area contributed by atoms with E-state index in [4.69, 9.17) is 16.6 Å². The van der Waals surface area contributed by atoms with Crippen LogP contribution < -0.4 is 27.4 Å². The maximum atomic E-state index is 13.2. The van der Waals surface area contributed by atoms with Gasteiger partial charge in [-0.05, 0) is 44.4 Å². The number of hydrogen-bond donors (Lipinski definition) is 8. The second-order valence-electron chi connectivity index (χ2n) is 8.76. The minimum atomic E-state index is -1.70. The first kappa shape index (κ1) is 29.3. The zero-order valence-electron chi connectivity index (χ0n) is 20.5. The van der Waals surface area contributed by atoms with Crippen LogP contribution in [0, 0.1) is 0 Å². The van der Waals surface area contributed by atoms with E-state index in [9.17, 15) is 29.1 Å². The molecule has 10 N–H and O–H groups in total. The van der Waals surface area contributed by atoms with Crippen LogP contribution in [0.3, 0.4) is 0 Å². The lowest BCUT2D eigenvalue weighted by Crippen LogP contribution is -2.57. The van der Waals surface area contributed by atoms with Crippen LogP contribution in [0.1, 0.15) is 38.2 Å². The smallest absolute Gasteiger partial charge is 0.326 e. The summed E-state index contributed by atoms with van der Waals surface area (Å²) in [6, 6.07) is 2.41. The SMILES string of the molecule is CC(N)C(=O)NC(CCCCN)C(=O)NC(Cc1c[nH]c2ccccc12)C(=O)NC(CC(=O)O)C(=O)O. The number of amides is 3. The van der Waals surface area contributed by atoms with Gasteiger partial charge in [0, 0.05) is 23.5 Å². The molecular weight excluding hydrogens is 484 g/mol. The molecule has 2 aromatic rings. The van der Waals surface area contributed by atoms with Crippen molar-refractivity contribution in [2.24, 2.45) is 11.5 Å². The first-order valence-electron chi connectivity index (χ1n) is 11.9. The Hall–Kier alpha value is -3.97. The average Bonchev–Trinajstić information content (AvgIpc) is 3.24. The lowest BCUT2D eigenvalue weighted by Gasteiger charge is -2.25. The van der Waals surface area contributed by atoms with Crippen molar-refractivity contribution < 1.29 is 34.2 Å². The highest BCUT2D eigenvalue weighted by Gasteiger charge is 2.31. The number of H-pyrrole nitrogens is 1. The van der Waals surface area contributed by atoms with E-state index in [0.29, 0.717) is 24.9 Å². The van der Waals surface area contributed by atoms with E-state index < -0.39 is 60.2 Å². The van der Waals surface area contributed by atoms with Crippen LogP contribution in [0.25, 0.3) is 10.9 Å². The van der Waals surface area contributed by atoms with Crippen molar-refractivity contribution in [2.75, 3.05) is 6.54 Å². The van der Waals surface area contributed by atoms with Crippen molar-refractivity contribution in [1.82, 2.24) is 20.9 Å². The molecule has 0 aliphatic heterocycles. The highest BCUT2D eigenvalue weighted by atomic mass is 16.4. The van der Waals surface area contributed by atoms with Gasteiger partial charge in [0.25, 0.3) is 0 Å². The van der Waals surface area contributed by atoms with Gasteiger partial charge in [-0.25, -0.2) is 4.79 Å². The Labute approximate surface area is 213 Å². The number of para-hydroxylation sites is 1. The van der Waals surface area contributed by atoms with Crippen LogP contribution in [-0.2, 0) is 30.4 Å². The van der Waals surface area contributed by atoms with Crippen molar-refractivity contribution in [3.05, 3.63) is 36.0 Å². The summed E-state index contributed by atoms with van der Waals surface area (Å²) in [4.78, 5) is 64.2. The number of benzene rings is 1. The predicted octanol–water partition coefficient (Wildman–Crippen LogP) is -0.800. The number of carboxylic acid groups (broad SMARTS) is 2. The molecule has 3 amide bonds. The van der Waals surface area contributed by atoms with Crippen molar-refractivity contribution in [3.63, 3.8) is 0 Å². The van der Waals surface area contributed by atoms with Gasteiger partial charge in [-0.1, -0.05) is 18.2 Å². The average molecular weight is 519 g/mol. The zero-order chi connectivity index (χ0) is 27.5. The van der Waals surface area contributed by atoms with Crippen molar-refractivity contribution >= 4 is 40.6 Å². The molecule has 4 unspecified atom stereocenters.